The van der Waals surface area contributed by atoms with Crippen molar-refractivity contribution in [3.63, 3.8) is 0 Å². The van der Waals surface area contributed by atoms with Crippen LogP contribution in [0.25, 0.3) is 10.2 Å². The molecule has 0 aliphatic rings. The first kappa shape index (κ1) is 18.9. The quantitative estimate of drug-likeness (QED) is 0.488. The molecular weight excluding hydrogens is 390 g/mol. The molecule has 0 fully saturated rings. The highest BCUT2D eigenvalue weighted by molar-refractivity contribution is 7.90. The first-order chi connectivity index (χ1) is 12.6. The van der Waals surface area contributed by atoms with Gasteiger partial charge in [0.05, 0.1) is 26.5 Å². The minimum Gasteiger partial charge on any atom is -0.319 e. The molecule has 0 atom stereocenters. The first-order valence-electron chi connectivity index (χ1n) is 7.75. The van der Waals surface area contributed by atoms with Gasteiger partial charge in [-0.1, -0.05) is 23.5 Å². The van der Waals surface area contributed by atoms with E-state index in [0.717, 1.165) is 11.0 Å². The van der Waals surface area contributed by atoms with E-state index in [9.17, 15) is 23.3 Å². The van der Waals surface area contributed by atoms with E-state index in [1.165, 1.54) is 35.6 Å². The average molecular weight is 405 g/mol. The Kier molecular flexibility index (Phi) is 4.94. The van der Waals surface area contributed by atoms with E-state index in [-0.39, 0.29) is 17.0 Å². The lowest BCUT2D eigenvalue weighted by Crippen LogP contribution is -2.14. The van der Waals surface area contributed by atoms with Crippen molar-refractivity contribution in [2.24, 2.45) is 12.0 Å². The van der Waals surface area contributed by atoms with Gasteiger partial charge >= 0.3 is 0 Å². The molecule has 0 saturated heterocycles. The second-order valence-electron chi connectivity index (χ2n) is 5.95. The van der Waals surface area contributed by atoms with E-state index in [1.54, 1.807) is 29.8 Å². The third-order valence-electron chi connectivity index (χ3n) is 3.93. The summed E-state index contributed by atoms with van der Waals surface area (Å²) in [5.74, 6) is -0.390. The molecule has 0 N–H and O–H groups in total. The second kappa shape index (κ2) is 7.05. The van der Waals surface area contributed by atoms with Crippen LogP contribution in [0.2, 0.25) is 0 Å². The van der Waals surface area contributed by atoms with E-state index in [1.807, 2.05) is 0 Å². The molecule has 0 aliphatic heterocycles. The highest BCUT2D eigenvalue weighted by atomic mass is 32.2. The third kappa shape index (κ3) is 4.12. The second-order valence-corrected chi connectivity index (χ2v) is 8.98. The maximum Gasteiger partial charge on any atom is 0.271 e. The first-order valence-corrected chi connectivity index (χ1v) is 10.5. The molecule has 1 amide bonds. The number of thiazole rings is 1. The Hall–Kier alpha value is -2.85. The Morgan fingerprint density at radius 2 is 1.89 bits per heavy atom. The Morgan fingerprint density at radius 1 is 1.22 bits per heavy atom. The molecule has 27 heavy (non-hydrogen) atoms. The summed E-state index contributed by atoms with van der Waals surface area (Å²) < 4.78 is 25.4. The van der Waals surface area contributed by atoms with Gasteiger partial charge < -0.3 is 4.57 Å². The van der Waals surface area contributed by atoms with Crippen LogP contribution < -0.4 is 4.80 Å². The van der Waals surface area contributed by atoms with Crippen molar-refractivity contribution in [3.8, 4) is 0 Å². The monoisotopic (exact) mass is 405 g/mol. The van der Waals surface area contributed by atoms with Crippen molar-refractivity contribution >= 4 is 43.0 Å². The van der Waals surface area contributed by atoms with E-state index in [2.05, 4.69) is 4.99 Å². The standard InChI is InChI=1S/C17H15N3O5S2/c1-19-14-10-12(20(22)23)5-8-15(14)26-17(19)18-16(21)9-11-3-6-13(7-4-11)27(2,24)25/h3-8,10H,9H2,1-2H3. The number of aryl methyl sites for hydroxylation is 1. The van der Waals surface area contributed by atoms with Gasteiger partial charge in [0.25, 0.3) is 11.6 Å². The van der Waals surface area contributed by atoms with Gasteiger partial charge in [-0.15, -0.1) is 0 Å². The van der Waals surface area contributed by atoms with Crippen LogP contribution in [0.1, 0.15) is 5.56 Å². The maximum absolute atomic E-state index is 12.3. The number of nitrogens with zero attached hydrogens (tertiary/aromatic N) is 3. The number of non-ortho nitro benzene ring substituents is 1. The molecule has 1 aromatic heterocycles. The summed E-state index contributed by atoms with van der Waals surface area (Å²) >= 11 is 1.26. The zero-order chi connectivity index (χ0) is 19.8. The van der Waals surface area contributed by atoms with E-state index in [0.29, 0.717) is 15.9 Å². The van der Waals surface area contributed by atoms with Gasteiger partial charge in [-0.2, -0.15) is 4.99 Å². The zero-order valence-corrected chi connectivity index (χ0v) is 16.1. The smallest absolute Gasteiger partial charge is 0.271 e. The number of amides is 1. The molecule has 2 aromatic carbocycles. The van der Waals surface area contributed by atoms with Crippen molar-refractivity contribution in [3.05, 3.63) is 62.9 Å². The highest BCUT2D eigenvalue weighted by Gasteiger charge is 2.12. The van der Waals surface area contributed by atoms with Crippen LogP contribution in [-0.2, 0) is 28.1 Å². The summed E-state index contributed by atoms with van der Waals surface area (Å²) in [4.78, 5) is 27.4. The van der Waals surface area contributed by atoms with Crippen molar-refractivity contribution < 1.29 is 18.1 Å². The minimum absolute atomic E-state index is 0.0262. The van der Waals surface area contributed by atoms with Gasteiger partial charge in [0.1, 0.15) is 0 Å². The molecule has 3 aromatic rings. The summed E-state index contributed by atoms with van der Waals surface area (Å²) in [6.07, 6.45) is 1.15. The molecule has 0 aliphatic carbocycles. The van der Waals surface area contributed by atoms with Gasteiger partial charge in [0.2, 0.25) is 0 Å². The lowest BCUT2D eigenvalue weighted by atomic mass is 10.1. The number of hydrogen-bond acceptors (Lipinski definition) is 6. The topological polar surface area (TPSA) is 112 Å². The number of carbonyl (C=O) groups excluding carboxylic acids is 1. The Labute approximate surface area is 158 Å². The summed E-state index contributed by atoms with van der Waals surface area (Å²) in [5, 5.41) is 10.9. The number of sulfone groups is 1. The van der Waals surface area contributed by atoms with Gasteiger partial charge in [-0.25, -0.2) is 8.42 Å². The lowest BCUT2D eigenvalue weighted by Gasteiger charge is -2.00. The van der Waals surface area contributed by atoms with Gasteiger partial charge in [-0.05, 0) is 23.8 Å². The lowest BCUT2D eigenvalue weighted by molar-refractivity contribution is -0.384. The number of benzene rings is 2. The largest absolute Gasteiger partial charge is 0.319 e. The minimum atomic E-state index is -3.28. The number of rotatable bonds is 4. The number of nitro groups is 1. The SMILES string of the molecule is Cn1c(=NC(=O)Cc2ccc(S(C)(=O)=O)cc2)sc2ccc([N+](=O)[O-])cc21. The normalized spacial score (nSPS) is 12.4. The van der Waals surface area contributed by atoms with E-state index in [4.69, 9.17) is 0 Å². The number of nitro benzene ring substituents is 1. The Morgan fingerprint density at radius 3 is 2.48 bits per heavy atom. The van der Waals surface area contributed by atoms with Crippen molar-refractivity contribution in [1.82, 2.24) is 4.57 Å². The van der Waals surface area contributed by atoms with Crippen LogP contribution in [0.5, 0.6) is 0 Å². The maximum atomic E-state index is 12.3. The Bertz CT molecular complexity index is 1220. The van der Waals surface area contributed by atoms with E-state index < -0.39 is 20.7 Å². The van der Waals surface area contributed by atoms with Crippen LogP contribution >= 0.6 is 11.3 Å². The summed E-state index contributed by atoms with van der Waals surface area (Å²) in [5.41, 5.74) is 1.24. The number of aromatic nitrogens is 1. The number of hydrogen-bond donors (Lipinski definition) is 0. The predicted molar refractivity (Wildman–Crippen MR) is 101 cm³/mol. The van der Waals surface area contributed by atoms with Gasteiger partial charge in [0.15, 0.2) is 14.6 Å². The van der Waals surface area contributed by atoms with Crippen molar-refractivity contribution in [2.75, 3.05) is 6.26 Å². The molecule has 3 rings (SSSR count). The van der Waals surface area contributed by atoms with Crippen LogP contribution in [0.4, 0.5) is 5.69 Å². The zero-order valence-electron chi connectivity index (χ0n) is 14.4. The fourth-order valence-electron chi connectivity index (χ4n) is 2.51. The van der Waals surface area contributed by atoms with Crippen LogP contribution in [0, 0.1) is 10.1 Å². The molecule has 0 unspecified atom stereocenters. The molecule has 8 nitrogen and oxygen atoms in total. The highest BCUT2D eigenvalue weighted by Crippen LogP contribution is 2.22. The molecule has 0 radical (unpaired) electrons. The fourth-order valence-corrected chi connectivity index (χ4v) is 4.16. The molecular formula is C17H15N3O5S2. The number of carbonyl (C=O) groups is 1. The molecule has 0 spiro atoms. The van der Waals surface area contributed by atoms with Crippen LogP contribution in [0.3, 0.4) is 0 Å². The van der Waals surface area contributed by atoms with Crippen molar-refractivity contribution in [2.45, 2.75) is 11.3 Å². The molecule has 0 saturated carbocycles. The Balaban J connectivity index is 1.89. The predicted octanol–water partition coefficient (Wildman–Crippen LogP) is 2.22. The summed E-state index contributed by atoms with van der Waals surface area (Å²) in [6, 6.07) is 10.6. The molecule has 0 bridgehead atoms. The van der Waals surface area contributed by atoms with Gasteiger partial charge in [0, 0.05) is 25.4 Å². The van der Waals surface area contributed by atoms with Crippen LogP contribution in [-0.4, -0.2) is 30.1 Å². The van der Waals surface area contributed by atoms with Crippen LogP contribution in [0.15, 0.2) is 52.4 Å². The number of fused-ring (bicyclic) bond motifs is 1. The third-order valence-corrected chi connectivity index (χ3v) is 6.17. The summed E-state index contributed by atoms with van der Waals surface area (Å²) in [7, 11) is -1.59. The van der Waals surface area contributed by atoms with E-state index >= 15 is 0 Å². The fraction of sp³-hybridized carbons (Fsp3) is 0.176. The van der Waals surface area contributed by atoms with Gasteiger partial charge in [-0.3, -0.25) is 14.9 Å². The molecule has 140 valence electrons. The molecule has 1 heterocycles. The molecule has 10 heteroatoms. The summed E-state index contributed by atoms with van der Waals surface area (Å²) in [6.45, 7) is 0. The average Bonchev–Trinajstić information content (AvgIpc) is 2.90. The van der Waals surface area contributed by atoms with Crippen molar-refractivity contribution in [1.29, 1.82) is 0 Å².